The Morgan fingerprint density at radius 3 is 2.75 bits per heavy atom. The first kappa shape index (κ1) is 9.68. The summed E-state index contributed by atoms with van der Waals surface area (Å²) in [7, 11) is 0. The highest BCUT2D eigenvalue weighted by molar-refractivity contribution is 5.80. The lowest BCUT2D eigenvalue weighted by atomic mass is 9.82. The van der Waals surface area contributed by atoms with Crippen LogP contribution in [0.3, 0.4) is 0 Å². The van der Waals surface area contributed by atoms with Gasteiger partial charge >= 0.3 is 0 Å². The average Bonchev–Trinajstić information content (AvgIpc) is 2.03. The summed E-state index contributed by atoms with van der Waals surface area (Å²) in [4.78, 5) is 10.9. The molecule has 12 heavy (non-hydrogen) atoms. The molecule has 1 aliphatic carbocycles. The van der Waals surface area contributed by atoms with Crippen LogP contribution in [0.4, 0.5) is 0 Å². The molecule has 3 heteroatoms. The Labute approximate surface area is 72.9 Å². The molecular formula is C9H17NO2. The van der Waals surface area contributed by atoms with E-state index in [1.165, 1.54) is 6.92 Å². The van der Waals surface area contributed by atoms with Gasteiger partial charge in [0.15, 0.2) is 5.78 Å². The smallest absolute Gasteiger partial charge is 0.158 e. The van der Waals surface area contributed by atoms with E-state index < -0.39 is 6.10 Å². The number of rotatable bonds is 2. The second-order valence-corrected chi connectivity index (χ2v) is 3.74. The van der Waals surface area contributed by atoms with E-state index in [2.05, 4.69) is 0 Å². The van der Waals surface area contributed by atoms with Gasteiger partial charge < -0.3 is 10.8 Å². The third-order valence-corrected chi connectivity index (χ3v) is 2.62. The molecule has 3 nitrogen and oxygen atoms in total. The van der Waals surface area contributed by atoms with Crippen LogP contribution in [0.25, 0.3) is 0 Å². The van der Waals surface area contributed by atoms with Crippen LogP contribution >= 0.6 is 0 Å². The van der Waals surface area contributed by atoms with Crippen LogP contribution in [0.15, 0.2) is 0 Å². The molecule has 1 saturated carbocycles. The van der Waals surface area contributed by atoms with E-state index in [0.717, 1.165) is 25.7 Å². The molecule has 3 N–H and O–H groups in total. The van der Waals surface area contributed by atoms with Crippen molar-refractivity contribution < 1.29 is 9.90 Å². The highest BCUT2D eigenvalue weighted by Gasteiger charge is 2.27. The summed E-state index contributed by atoms with van der Waals surface area (Å²) in [6.07, 6.45) is 3.02. The van der Waals surface area contributed by atoms with Crippen LogP contribution < -0.4 is 5.73 Å². The predicted octanol–water partition coefficient (Wildman–Crippen LogP) is 0.454. The Morgan fingerprint density at radius 1 is 1.58 bits per heavy atom. The topological polar surface area (TPSA) is 63.3 Å². The third-order valence-electron chi connectivity index (χ3n) is 2.62. The standard InChI is InChI=1S/C9H17NO2/c1-6(11)9(12)7-3-2-4-8(10)5-7/h7-9,12H,2-5,10H2,1H3/t7-,8-,9+/m1/s1. The lowest BCUT2D eigenvalue weighted by Crippen LogP contribution is -2.36. The van der Waals surface area contributed by atoms with Crippen LogP contribution in [-0.2, 0) is 4.79 Å². The number of hydrogen-bond donors (Lipinski definition) is 2. The van der Waals surface area contributed by atoms with Crippen molar-refractivity contribution in [3.63, 3.8) is 0 Å². The fourth-order valence-electron chi connectivity index (χ4n) is 1.89. The fraction of sp³-hybridized carbons (Fsp3) is 0.889. The van der Waals surface area contributed by atoms with Crippen molar-refractivity contribution in [2.24, 2.45) is 11.7 Å². The Balaban J connectivity index is 2.45. The number of ketones is 1. The van der Waals surface area contributed by atoms with Gasteiger partial charge in [0.1, 0.15) is 6.10 Å². The molecule has 0 saturated heterocycles. The van der Waals surface area contributed by atoms with Gasteiger partial charge in [0.25, 0.3) is 0 Å². The number of carbonyl (C=O) groups excluding carboxylic acids is 1. The second kappa shape index (κ2) is 4.01. The Bertz CT molecular complexity index is 170. The van der Waals surface area contributed by atoms with Crippen molar-refractivity contribution in [1.29, 1.82) is 0 Å². The molecule has 3 atom stereocenters. The molecule has 0 unspecified atom stereocenters. The Morgan fingerprint density at radius 2 is 2.25 bits per heavy atom. The SMILES string of the molecule is CC(=O)[C@H](O)[C@@H]1CCC[C@@H](N)C1. The van der Waals surface area contributed by atoms with E-state index >= 15 is 0 Å². The maximum Gasteiger partial charge on any atom is 0.158 e. The monoisotopic (exact) mass is 171 g/mol. The number of Topliss-reactive ketones (excluding diaryl/α,β-unsaturated/α-hetero) is 1. The average molecular weight is 171 g/mol. The van der Waals surface area contributed by atoms with E-state index in [-0.39, 0.29) is 17.7 Å². The van der Waals surface area contributed by atoms with Crippen LogP contribution in [0.1, 0.15) is 32.6 Å². The molecule has 0 radical (unpaired) electrons. The summed E-state index contributed by atoms with van der Waals surface area (Å²) >= 11 is 0. The zero-order valence-electron chi connectivity index (χ0n) is 7.49. The minimum atomic E-state index is -0.781. The van der Waals surface area contributed by atoms with Crippen molar-refractivity contribution in [3.05, 3.63) is 0 Å². The van der Waals surface area contributed by atoms with Crippen LogP contribution in [0, 0.1) is 5.92 Å². The van der Waals surface area contributed by atoms with Gasteiger partial charge in [0.05, 0.1) is 0 Å². The minimum absolute atomic E-state index is 0.103. The normalized spacial score (nSPS) is 32.9. The molecule has 0 aromatic carbocycles. The van der Waals surface area contributed by atoms with E-state index in [4.69, 9.17) is 5.73 Å². The Hall–Kier alpha value is -0.410. The maximum atomic E-state index is 10.9. The van der Waals surface area contributed by atoms with Crippen LogP contribution in [0.5, 0.6) is 0 Å². The van der Waals surface area contributed by atoms with E-state index in [1.807, 2.05) is 0 Å². The predicted molar refractivity (Wildman–Crippen MR) is 46.6 cm³/mol. The van der Waals surface area contributed by atoms with Gasteiger partial charge in [-0.15, -0.1) is 0 Å². The van der Waals surface area contributed by atoms with Gasteiger partial charge in [-0.2, -0.15) is 0 Å². The summed E-state index contributed by atoms with van der Waals surface area (Å²) in [5.74, 6) is -0.0275. The minimum Gasteiger partial charge on any atom is -0.385 e. The lowest BCUT2D eigenvalue weighted by Gasteiger charge is -2.28. The number of aliphatic hydroxyl groups is 1. The molecule has 70 valence electrons. The molecule has 1 aliphatic rings. The maximum absolute atomic E-state index is 10.9. The zero-order chi connectivity index (χ0) is 9.14. The first-order valence-corrected chi connectivity index (χ1v) is 4.55. The fourth-order valence-corrected chi connectivity index (χ4v) is 1.89. The first-order valence-electron chi connectivity index (χ1n) is 4.55. The first-order chi connectivity index (χ1) is 5.61. The molecule has 0 aliphatic heterocycles. The highest BCUT2D eigenvalue weighted by Crippen LogP contribution is 2.26. The quantitative estimate of drug-likeness (QED) is 0.634. The van der Waals surface area contributed by atoms with Gasteiger partial charge in [0.2, 0.25) is 0 Å². The number of hydrogen-bond acceptors (Lipinski definition) is 3. The van der Waals surface area contributed by atoms with Crippen molar-refractivity contribution >= 4 is 5.78 Å². The highest BCUT2D eigenvalue weighted by atomic mass is 16.3. The van der Waals surface area contributed by atoms with Gasteiger partial charge in [-0.05, 0) is 32.1 Å². The molecule has 0 spiro atoms. The molecule has 0 bridgehead atoms. The number of nitrogens with two attached hydrogens (primary N) is 1. The van der Waals surface area contributed by atoms with Crippen molar-refractivity contribution in [2.45, 2.75) is 44.8 Å². The molecule has 1 rings (SSSR count). The second-order valence-electron chi connectivity index (χ2n) is 3.74. The molecular weight excluding hydrogens is 154 g/mol. The number of carbonyl (C=O) groups is 1. The van der Waals surface area contributed by atoms with Crippen LogP contribution in [-0.4, -0.2) is 23.0 Å². The van der Waals surface area contributed by atoms with Gasteiger partial charge in [-0.3, -0.25) is 4.79 Å². The Kier molecular flexibility index (Phi) is 3.23. The van der Waals surface area contributed by atoms with E-state index in [9.17, 15) is 9.90 Å². The molecule has 1 fully saturated rings. The molecule has 0 aromatic heterocycles. The van der Waals surface area contributed by atoms with Crippen molar-refractivity contribution in [3.8, 4) is 0 Å². The lowest BCUT2D eigenvalue weighted by molar-refractivity contribution is -0.128. The van der Waals surface area contributed by atoms with Gasteiger partial charge in [0, 0.05) is 6.04 Å². The summed E-state index contributed by atoms with van der Waals surface area (Å²) in [6, 6.07) is 0.178. The molecule has 0 aromatic rings. The van der Waals surface area contributed by atoms with Crippen LogP contribution in [0.2, 0.25) is 0 Å². The van der Waals surface area contributed by atoms with E-state index in [0.29, 0.717) is 0 Å². The largest absolute Gasteiger partial charge is 0.385 e. The zero-order valence-corrected chi connectivity index (χ0v) is 7.49. The van der Waals surface area contributed by atoms with Gasteiger partial charge in [-0.1, -0.05) is 6.42 Å². The molecule has 0 amide bonds. The van der Waals surface area contributed by atoms with Crippen molar-refractivity contribution in [2.75, 3.05) is 0 Å². The summed E-state index contributed by atoms with van der Waals surface area (Å²) in [6.45, 7) is 1.44. The van der Waals surface area contributed by atoms with E-state index in [1.54, 1.807) is 0 Å². The van der Waals surface area contributed by atoms with Gasteiger partial charge in [-0.25, -0.2) is 0 Å². The van der Waals surface area contributed by atoms with Crippen molar-refractivity contribution in [1.82, 2.24) is 0 Å². The molecule has 0 heterocycles. The summed E-state index contributed by atoms with van der Waals surface area (Å²) in [5.41, 5.74) is 5.74. The summed E-state index contributed by atoms with van der Waals surface area (Å²) < 4.78 is 0. The summed E-state index contributed by atoms with van der Waals surface area (Å²) in [5, 5.41) is 9.46. The number of aliphatic hydroxyl groups excluding tert-OH is 1. The third kappa shape index (κ3) is 2.29.